The fraction of sp³-hybridized carbons (Fsp3) is 0.742. The lowest BCUT2D eigenvalue weighted by Crippen LogP contribution is -2.42. The lowest BCUT2D eigenvalue weighted by molar-refractivity contribution is -0.148. The molecule has 0 N–H and O–H groups in total. The number of rotatable bonds is 4. The number of nitrogens with zero attached hydrogens (tertiary/aromatic N) is 1. The first-order valence-corrected chi connectivity index (χ1v) is 13.9. The molecule has 0 unspecified atom stereocenters. The molecule has 3 rings (SSSR count). The molecular formula is C31H49NO5. The van der Waals surface area contributed by atoms with Crippen LogP contribution in [0.2, 0.25) is 0 Å². The summed E-state index contributed by atoms with van der Waals surface area (Å²) in [5, 5.41) is 0. The zero-order valence-corrected chi connectivity index (χ0v) is 24.8. The second kappa shape index (κ2) is 10.6. The average Bonchev–Trinajstić information content (AvgIpc) is 3.03. The predicted molar refractivity (Wildman–Crippen MR) is 147 cm³/mol. The maximum Gasteiger partial charge on any atom is 0.410 e. The standard InChI is InChI=1S/C31H49NO5/c1-28(2,3)35-25-13-12-23-19-21(15-17-31(23,25)10)24-16-18-32(27(34)37-30(7,8)9)20-22(24)11-14-26(33)36-29(4,5)6/h11,14,19,23,25H,12-13,15-18,20H2,1-10H3/b14-11+/t23-,25+,31+/m1/s1. The molecule has 0 saturated heterocycles. The number of carbonyl (C=O) groups is 2. The van der Waals surface area contributed by atoms with Gasteiger partial charge < -0.3 is 19.1 Å². The van der Waals surface area contributed by atoms with E-state index in [9.17, 15) is 9.59 Å². The van der Waals surface area contributed by atoms with Gasteiger partial charge in [-0.1, -0.05) is 13.0 Å². The minimum Gasteiger partial charge on any atom is -0.457 e. The Kier molecular flexibility index (Phi) is 8.44. The highest BCUT2D eigenvalue weighted by Gasteiger charge is 2.49. The highest BCUT2D eigenvalue weighted by Crippen LogP contribution is 2.54. The van der Waals surface area contributed by atoms with Crippen LogP contribution in [0.4, 0.5) is 4.79 Å². The number of allylic oxidation sites excluding steroid dienone is 2. The second-order valence-corrected chi connectivity index (χ2v) is 14.1. The van der Waals surface area contributed by atoms with Gasteiger partial charge in [0.05, 0.1) is 11.7 Å². The maximum absolute atomic E-state index is 12.8. The van der Waals surface area contributed by atoms with Gasteiger partial charge in [-0.2, -0.15) is 0 Å². The largest absolute Gasteiger partial charge is 0.457 e. The van der Waals surface area contributed by atoms with E-state index in [4.69, 9.17) is 14.2 Å². The molecule has 1 fully saturated rings. The summed E-state index contributed by atoms with van der Waals surface area (Å²) in [7, 11) is 0. The molecule has 0 radical (unpaired) electrons. The summed E-state index contributed by atoms with van der Waals surface area (Å²) in [6.07, 6.45) is 10.8. The minimum atomic E-state index is -0.557. The monoisotopic (exact) mass is 515 g/mol. The van der Waals surface area contributed by atoms with E-state index >= 15 is 0 Å². The Hall–Kier alpha value is -2.08. The first kappa shape index (κ1) is 29.5. The molecule has 0 spiro atoms. The number of ether oxygens (including phenoxy) is 3. The maximum atomic E-state index is 12.8. The third-order valence-electron chi connectivity index (χ3n) is 7.40. The number of fused-ring (bicyclic) bond motifs is 1. The fourth-order valence-electron chi connectivity index (χ4n) is 5.75. The third-order valence-corrected chi connectivity index (χ3v) is 7.40. The van der Waals surface area contributed by atoms with Crippen LogP contribution in [-0.2, 0) is 19.0 Å². The number of hydrogen-bond acceptors (Lipinski definition) is 5. The van der Waals surface area contributed by atoms with E-state index in [0.717, 1.165) is 37.7 Å². The Morgan fingerprint density at radius 3 is 2.19 bits per heavy atom. The number of amides is 1. The minimum absolute atomic E-state index is 0.140. The Labute approximate surface area is 224 Å². The number of hydrogen-bond donors (Lipinski definition) is 0. The number of esters is 1. The van der Waals surface area contributed by atoms with Gasteiger partial charge in [-0.3, -0.25) is 0 Å². The van der Waals surface area contributed by atoms with Gasteiger partial charge in [0.15, 0.2) is 0 Å². The van der Waals surface area contributed by atoms with Crippen LogP contribution in [0.15, 0.2) is 34.9 Å². The van der Waals surface area contributed by atoms with Gasteiger partial charge in [0.25, 0.3) is 0 Å². The molecule has 1 heterocycles. The molecule has 6 nitrogen and oxygen atoms in total. The van der Waals surface area contributed by atoms with Crippen molar-refractivity contribution in [2.75, 3.05) is 13.1 Å². The molecule has 1 amide bonds. The summed E-state index contributed by atoms with van der Waals surface area (Å²) in [6.45, 7) is 21.0. The zero-order chi connectivity index (χ0) is 27.8. The van der Waals surface area contributed by atoms with Crippen molar-refractivity contribution in [3.8, 4) is 0 Å². The van der Waals surface area contributed by atoms with Crippen LogP contribution in [0.25, 0.3) is 0 Å². The zero-order valence-electron chi connectivity index (χ0n) is 24.8. The van der Waals surface area contributed by atoms with E-state index in [-0.39, 0.29) is 29.2 Å². The van der Waals surface area contributed by atoms with Crippen molar-refractivity contribution in [1.82, 2.24) is 4.90 Å². The Balaban J connectivity index is 1.89. The van der Waals surface area contributed by atoms with Gasteiger partial charge in [-0.05, 0) is 123 Å². The van der Waals surface area contributed by atoms with E-state index in [1.54, 1.807) is 4.90 Å². The highest BCUT2D eigenvalue weighted by atomic mass is 16.6. The van der Waals surface area contributed by atoms with Crippen molar-refractivity contribution in [3.63, 3.8) is 0 Å². The normalized spacial score (nSPS) is 27.3. The fourth-order valence-corrected chi connectivity index (χ4v) is 5.75. The molecule has 0 bridgehead atoms. The van der Waals surface area contributed by atoms with Gasteiger partial charge in [0.2, 0.25) is 0 Å². The highest BCUT2D eigenvalue weighted by molar-refractivity contribution is 5.83. The molecule has 208 valence electrons. The Morgan fingerprint density at radius 1 is 0.946 bits per heavy atom. The molecule has 1 saturated carbocycles. The lowest BCUT2D eigenvalue weighted by atomic mass is 9.68. The molecule has 3 aliphatic rings. The van der Waals surface area contributed by atoms with Crippen molar-refractivity contribution >= 4 is 12.1 Å². The summed E-state index contributed by atoms with van der Waals surface area (Å²) >= 11 is 0. The molecular weight excluding hydrogens is 466 g/mol. The lowest BCUT2D eigenvalue weighted by Gasteiger charge is -2.42. The van der Waals surface area contributed by atoms with E-state index in [0.29, 0.717) is 19.0 Å². The molecule has 1 aliphatic heterocycles. The van der Waals surface area contributed by atoms with E-state index in [2.05, 4.69) is 33.8 Å². The summed E-state index contributed by atoms with van der Waals surface area (Å²) in [5.41, 5.74) is 2.47. The van der Waals surface area contributed by atoms with Crippen molar-refractivity contribution in [1.29, 1.82) is 0 Å². The molecule has 37 heavy (non-hydrogen) atoms. The summed E-state index contributed by atoms with van der Waals surface area (Å²) in [6, 6.07) is 0. The molecule has 3 atom stereocenters. The smallest absolute Gasteiger partial charge is 0.410 e. The Morgan fingerprint density at radius 2 is 1.59 bits per heavy atom. The van der Waals surface area contributed by atoms with Gasteiger partial charge >= 0.3 is 12.1 Å². The van der Waals surface area contributed by atoms with Crippen LogP contribution in [0.5, 0.6) is 0 Å². The summed E-state index contributed by atoms with van der Waals surface area (Å²) in [5.74, 6) is 0.0907. The number of carbonyl (C=O) groups excluding carboxylic acids is 2. The molecule has 2 aliphatic carbocycles. The van der Waals surface area contributed by atoms with Crippen molar-refractivity contribution in [2.24, 2.45) is 11.3 Å². The summed E-state index contributed by atoms with van der Waals surface area (Å²) in [4.78, 5) is 27.0. The van der Waals surface area contributed by atoms with Crippen LogP contribution < -0.4 is 0 Å². The molecule has 0 aromatic carbocycles. The van der Waals surface area contributed by atoms with Crippen LogP contribution in [0, 0.1) is 11.3 Å². The van der Waals surface area contributed by atoms with Gasteiger partial charge in [-0.25, -0.2) is 9.59 Å². The van der Waals surface area contributed by atoms with Gasteiger partial charge in [-0.15, -0.1) is 0 Å². The second-order valence-electron chi connectivity index (χ2n) is 14.1. The van der Waals surface area contributed by atoms with E-state index in [1.165, 1.54) is 17.2 Å². The van der Waals surface area contributed by atoms with Crippen LogP contribution >= 0.6 is 0 Å². The SMILES string of the molecule is CC(C)(C)OC(=O)/C=C/C1=C(C2=C[C@H]3CC[C@H](OC(C)(C)C)[C@@]3(C)CC2)CCN(C(=O)OC(C)(C)C)C1. The van der Waals surface area contributed by atoms with Crippen LogP contribution in [0.3, 0.4) is 0 Å². The van der Waals surface area contributed by atoms with E-state index in [1.807, 2.05) is 47.6 Å². The Bertz CT molecular complexity index is 969. The van der Waals surface area contributed by atoms with Crippen LogP contribution in [0.1, 0.15) is 101 Å². The van der Waals surface area contributed by atoms with Crippen molar-refractivity contribution in [3.05, 3.63) is 34.9 Å². The molecule has 6 heteroatoms. The molecule has 0 aromatic heterocycles. The first-order chi connectivity index (χ1) is 16.9. The average molecular weight is 516 g/mol. The van der Waals surface area contributed by atoms with Crippen molar-refractivity contribution in [2.45, 2.75) is 124 Å². The summed E-state index contributed by atoms with van der Waals surface area (Å²) < 4.78 is 17.6. The third kappa shape index (κ3) is 7.95. The first-order valence-electron chi connectivity index (χ1n) is 13.9. The quantitative estimate of drug-likeness (QED) is 0.294. The van der Waals surface area contributed by atoms with Crippen molar-refractivity contribution < 1.29 is 23.8 Å². The predicted octanol–water partition coefficient (Wildman–Crippen LogP) is 7.14. The van der Waals surface area contributed by atoms with E-state index < -0.39 is 11.2 Å². The van der Waals surface area contributed by atoms with Gasteiger partial charge in [0.1, 0.15) is 11.2 Å². The molecule has 0 aromatic rings. The van der Waals surface area contributed by atoms with Crippen LogP contribution in [-0.4, -0.2) is 53.0 Å². The topological polar surface area (TPSA) is 65.1 Å². The van der Waals surface area contributed by atoms with Gasteiger partial charge in [0, 0.05) is 24.6 Å².